The first-order valence-corrected chi connectivity index (χ1v) is 4.54. The number of carbonyl (C=O) groups is 1. The summed E-state index contributed by atoms with van der Waals surface area (Å²) in [4.78, 5) is 10.7. The lowest BCUT2D eigenvalue weighted by Crippen LogP contribution is -2.33. The maximum Gasteiger partial charge on any atom is 0.461 e. The summed E-state index contributed by atoms with van der Waals surface area (Å²) in [5.74, 6) is -0.749. The molecule has 1 rings (SSSR count). The van der Waals surface area contributed by atoms with E-state index in [1.807, 2.05) is 0 Å². The Labute approximate surface area is 94.4 Å². The Balaban J connectivity index is 2.72. The van der Waals surface area contributed by atoms with Crippen LogP contribution in [0.25, 0.3) is 0 Å². The second kappa shape index (κ2) is 5.03. The highest BCUT2D eigenvalue weighted by atomic mass is 19.3. The van der Waals surface area contributed by atoms with Crippen molar-refractivity contribution >= 4 is 11.6 Å². The van der Waals surface area contributed by atoms with Gasteiger partial charge in [0.15, 0.2) is 0 Å². The molecule has 0 heterocycles. The second-order valence-electron chi connectivity index (χ2n) is 3.17. The van der Waals surface area contributed by atoms with Gasteiger partial charge in [0.2, 0.25) is 5.91 Å². The summed E-state index contributed by atoms with van der Waals surface area (Å²) in [5.41, 5.74) is 0.352. The van der Waals surface area contributed by atoms with Gasteiger partial charge < -0.3 is 10.1 Å². The highest BCUT2D eigenvalue weighted by Crippen LogP contribution is 2.28. The first kappa shape index (κ1) is 13.3. The standard InChI is InChI=1S/C10H9F4NO2/c1-6(16)15-7-2-4-8(5-3-7)17-10(13,14)9(11)12/h2-5,9H,1H3,(H,15,16). The SMILES string of the molecule is CC(=O)Nc1ccc(OC(F)(F)C(F)F)cc1. The number of halogens is 4. The first-order valence-electron chi connectivity index (χ1n) is 4.54. The molecule has 1 N–H and O–H groups in total. The molecule has 0 aliphatic rings. The lowest BCUT2D eigenvalue weighted by molar-refractivity contribution is -0.253. The van der Waals surface area contributed by atoms with E-state index in [1.54, 1.807) is 0 Å². The third kappa shape index (κ3) is 3.93. The van der Waals surface area contributed by atoms with E-state index in [-0.39, 0.29) is 5.91 Å². The van der Waals surface area contributed by atoms with Gasteiger partial charge in [0.1, 0.15) is 5.75 Å². The van der Waals surface area contributed by atoms with Crippen molar-refractivity contribution in [2.75, 3.05) is 5.32 Å². The van der Waals surface area contributed by atoms with Crippen molar-refractivity contribution < 1.29 is 27.1 Å². The molecule has 0 spiro atoms. The van der Waals surface area contributed by atoms with Gasteiger partial charge in [0, 0.05) is 12.6 Å². The molecule has 0 radical (unpaired) electrons. The molecule has 0 aliphatic carbocycles. The molecule has 0 bridgehead atoms. The van der Waals surface area contributed by atoms with Crippen LogP contribution in [-0.2, 0) is 4.79 Å². The van der Waals surface area contributed by atoms with Crippen LogP contribution in [0.5, 0.6) is 5.75 Å². The molecule has 0 fully saturated rings. The molecule has 0 aromatic heterocycles. The predicted molar refractivity (Wildman–Crippen MR) is 52.3 cm³/mol. The molecule has 17 heavy (non-hydrogen) atoms. The molecule has 1 aromatic carbocycles. The van der Waals surface area contributed by atoms with Crippen LogP contribution >= 0.6 is 0 Å². The third-order valence-corrected chi connectivity index (χ3v) is 1.68. The zero-order valence-electron chi connectivity index (χ0n) is 8.72. The topological polar surface area (TPSA) is 38.3 Å². The summed E-state index contributed by atoms with van der Waals surface area (Å²) in [7, 11) is 0. The molecule has 3 nitrogen and oxygen atoms in total. The van der Waals surface area contributed by atoms with Crippen molar-refractivity contribution in [3.8, 4) is 5.75 Å². The molecule has 7 heteroatoms. The van der Waals surface area contributed by atoms with Gasteiger partial charge in [-0.3, -0.25) is 4.79 Å². The Morgan fingerprint density at radius 1 is 1.29 bits per heavy atom. The van der Waals surface area contributed by atoms with Crippen LogP contribution in [0.1, 0.15) is 6.92 Å². The highest BCUT2D eigenvalue weighted by Gasteiger charge is 2.43. The summed E-state index contributed by atoms with van der Waals surface area (Å²) in [6.07, 6.45) is -8.44. The molecule has 0 saturated carbocycles. The van der Waals surface area contributed by atoms with Gasteiger partial charge in [0.05, 0.1) is 0 Å². The maximum absolute atomic E-state index is 12.5. The Kier molecular flexibility index (Phi) is 3.93. The number of nitrogens with one attached hydrogen (secondary N) is 1. The van der Waals surface area contributed by atoms with Crippen LogP contribution in [0, 0.1) is 0 Å². The summed E-state index contributed by atoms with van der Waals surface area (Å²) < 4.78 is 52.5. The number of rotatable bonds is 4. The van der Waals surface area contributed by atoms with Crippen molar-refractivity contribution in [2.24, 2.45) is 0 Å². The Hall–Kier alpha value is -1.79. The second-order valence-corrected chi connectivity index (χ2v) is 3.17. The predicted octanol–water partition coefficient (Wildman–Crippen LogP) is 2.88. The molecule has 0 saturated heterocycles. The molecule has 1 aromatic rings. The van der Waals surface area contributed by atoms with Gasteiger partial charge in [-0.2, -0.15) is 17.6 Å². The number of amides is 1. The molecular formula is C10H9F4NO2. The van der Waals surface area contributed by atoms with Crippen molar-refractivity contribution in [3.05, 3.63) is 24.3 Å². The molecular weight excluding hydrogens is 242 g/mol. The van der Waals surface area contributed by atoms with E-state index >= 15 is 0 Å². The van der Waals surface area contributed by atoms with Crippen LogP contribution in [0.2, 0.25) is 0 Å². The van der Waals surface area contributed by atoms with Crippen molar-refractivity contribution in [3.63, 3.8) is 0 Å². The minimum atomic E-state index is -4.53. The zero-order valence-corrected chi connectivity index (χ0v) is 8.72. The number of hydrogen-bond acceptors (Lipinski definition) is 2. The summed E-state index contributed by atoms with van der Waals surface area (Å²) in [6.45, 7) is 1.27. The number of hydrogen-bond donors (Lipinski definition) is 1. The normalized spacial score (nSPS) is 11.4. The molecule has 0 aliphatic heterocycles. The summed E-state index contributed by atoms with van der Waals surface area (Å²) >= 11 is 0. The number of alkyl halides is 4. The van der Waals surface area contributed by atoms with Gasteiger partial charge in [-0.1, -0.05) is 0 Å². The number of anilines is 1. The quantitative estimate of drug-likeness (QED) is 0.835. The number of benzene rings is 1. The summed E-state index contributed by atoms with van der Waals surface area (Å²) in [5, 5.41) is 2.39. The fourth-order valence-corrected chi connectivity index (χ4v) is 1.01. The van der Waals surface area contributed by atoms with E-state index in [2.05, 4.69) is 10.1 Å². The maximum atomic E-state index is 12.5. The molecule has 0 unspecified atom stereocenters. The van der Waals surface area contributed by atoms with Crippen LogP contribution < -0.4 is 10.1 Å². The Morgan fingerprint density at radius 2 is 1.82 bits per heavy atom. The van der Waals surface area contributed by atoms with Crippen LogP contribution in [-0.4, -0.2) is 18.4 Å². The summed E-state index contributed by atoms with van der Waals surface area (Å²) in [6, 6.07) is 4.64. The fourth-order valence-electron chi connectivity index (χ4n) is 1.01. The third-order valence-electron chi connectivity index (χ3n) is 1.68. The minimum absolute atomic E-state index is 0.337. The molecule has 94 valence electrons. The van der Waals surface area contributed by atoms with Gasteiger partial charge in [-0.05, 0) is 24.3 Å². The average molecular weight is 251 g/mol. The van der Waals surface area contributed by atoms with E-state index in [9.17, 15) is 22.4 Å². The lowest BCUT2D eigenvalue weighted by atomic mass is 10.3. The smallest absolute Gasteiger partial charge is 0.428 e. The Morgan fingerprint density at radius 3 is 2.24 bits per heavy atom. The van der Waals surface area contributed by atoms with E-state index in [4.69, 9.17) is 0 Å². The van der Waals surface area contributed by atoms with Crippen LogP contribution in [0.15, 0.2) is 24.3 Å². The largest absolute Gasteiger partial charge is 0.461 e. The monoisotopic (exact) mass is 251 g/mol. The zero-order chi connectivity index (χ0) is 13.1. The molecule has 0 atom stereocenters. The van der Waals surface area contributed by atoms with Gasteiger partial charge >= 0.3 is 12.5 Å². The van der Waals surface area contributed by atoms with Gasteiger partial charge in [-0.15, -0.1) is 0 Å². The average Bonchev–Trinajstić information content (AvgIpc) is 2.19. The van der Waals surface area contributed by atoms with Crippen molar-refractivity contribution in [1.82, 2.24) is 0 Å². The Bertz CT molecular complexity index is 392. The highest BCUT2D eigenvalue weighted by molar-refractivity contribution is 5.88. The van der Waals surface area contributed by atoms with Gasteiger partial charge in [0.25, 0.3) is 0 Å². The van der Waals surface area contributed by atoms with Crippen molar-refractivity contribution in [2.45, 2.75) is 19.5 Å². The van der Waals surface area contributed by atoms with Crippen LogP contribution in [0.3, 0.4) is 0 Å². The van der Waals surface area contributed by atoms with E-state index in [0.717, 1.165) is 12.1 Å². The number of ether oxygens (including phenoxy) is 1. The van der Waals surface area contributed by atoms with E-state index in [0.29, 0.717) is 5.69 Å². The van der Waals surface area contributed by atoms with Crippen LogP contribution in [0.4, 0.5) is 23.2 Å². The minimum Gasteiger partial charge on any atom is -0.428 e. The van der Waals surface area contributed by atoms with Crippen molar-refractivity contribution in [1.29, 1.82) is 0 Å². The molecule has 1 amide bonds. The number of carbonyl (C=O) groups excluding carboxylic acids is 1. The van der Waals surface area contributed by atoms with E-state index in [1.165, 1.54) is 19.1 Å². The van der Waals surface area contributed by atoms with E-state index < -0.39 is 18.3 Å². The lowest BCUT2D eigenvalue weighted by Gasteiger charge is -2.16. The fraction of sp³-hybridized carbons (Fsp3) is 0.300. The van der Waals surface area contributed by atoms with Gasteiger partial charge in [-0.25, -0.2) is 0 Å². The first-order chi connectivity index (χ1) is 7.81.